The van der Waals surface area contributed by atoms with Gasteiger partial charge in [-0.3, -0.25) is 14.1 Å². The summed E-state index contributed by atoms with van der Waals surface area (Å²) in [4.78, 5) is 16.8. The topological polar surface area (TPSA) is 79.4 Å². The Morgan fingerprint density at radius 3 is 2.46 bits per heavy atom. The monoisotopic (exact) mass is 397 g/mol. The highest BCUT2D eigenvalue weighted by atomic mass is 32.2. The molecule has 0 aliphatic carbocycles. The molecule has 1 N–H and O–H groups in total. The number of hydrogen-bond acceptors (Lipinski definition) is 4. The highest BCUT2D eigenvalue weighted by Gasteiger charge is 2.19. The fraction of sp³-hybridized carbons (Fsp3) is 0.238. The number of aromatic nitrogens is 1. The second kappa shape index (κ2) is 8.39. The van der Waals surface area contributed by atoms with E-state index in [4.69, 9.17) is 0 Å². The molecule has 0 aliphatic rings. The average molecular weight is 398 g/mol. The fourth-order valence-corrected chi connectivity index (χ4v) is 3.93. The van der Waals surface area contributed by atoms with Crippen molar-refractivity contribution < 1.29 is 13.2 Å². The van der Waals surface area contributed by atoms with Crippen LogP contribution in [-0.4, -0.2) is 32.1 Å². The van der Waals surface area contributed by atoms with Crippen molar-refractivity contribution in [1.82, 2.24) is 4.98 Å². The van der Waals surface area contributed by atoms with E-state index in [0.717, 1.165) is 23.6 Å². The van der Waals surface area contributed by atoms with E-state index in [-0.39, 0.29) is 18.9 Å². The largest absolute Gasteiger partial charge is 0.324 e. The van der Waals surface area contributed by atoms with Crippen molar-refractivity contribution in [3.8, 4) is 0 Å². The number of benzene rings is 2. The number of fused-ring (bicyclic) bond motifs is 1. The summed E-state index contributed by atoms with van der Waals surface area (Å²) in [6, 6.07) is 16.6. The molecule has 28 heavy (non-hydrogen) atoms. The molecule has 0 radical (unpaired) electrons. The number of pyridine rings is 1. The molecule has 0 aliphatic heterocycles. The number of anilines is 2. The first-order valence-electron chi connectivity index (χ1n) is 9.08. The molecule has 0 spiro atoms. The summed E-state index contributed by atoms with van der Waals surface area (Å²) in [5.41, 5.74) is 2.99. The molecule has 0 saturated carbocycles. The summed E-state index contributed by atoms with van der Waals surface area (Å²) in [7, 11) is -3.50. The molecule has 146 valence electrons. The minimum atomic E-state index is -3.50. The van der Waals surface area contributed by atoms with E-state index in [2.05, 4.69) is 10.3 Å². The summed E-state index contributed by atoms with van der Waals surface area (Å²) in [6.07, 6.45) is 3.73. The van der Waals surface area contributed by atoms with Gasteiger partial charge in [0.25, 0.3) is 0 Å². The molecular formula is C21H23N3O3S. The van der Waals surface area contributed by atoms with Crippen molar-refractivity contribution in [3.63, 3.8) is 0 Å². The van der Waals surface area contributed by atoms with E-state index < -0.39 is 10.0 Å². The lowest BCUT2D eigenvalue weighted by Crippen LogP contribution is -2.33. The molecule has 7 heteroatoms. The fourth-order valence-electron chi connectivity index (χ4n) is 3.01. The number of para-hydroxylation sites is 1. The molecular weight excluding hydrogens is 374 g/mol. The van der Waals surface area contributed by atoms with Gasteiger partial charge in [-0.2, -0.15) is 0 Å². The Morgan fingerprint density at radius 1 is 1.07 bits per heavy atom. The van der Waals surface area contributed by atoms with Crippen LogP contribution in [0.5, 0.6) is 0 Å². The van der Waals surface area contributed by atoms with E-state index in [1.807, 2.05) is 43.3 Å². The van der Waals surface area contributed by atoms with Crippen LogP contribution < -0.4 is 9.62 Å². The van der Waals surface area contributed by atoms with Crippen molar-refractivity contribution in [2.24, 2.45) is 0 Å². The van der Waals surface area contributed by atoms with Crippen molar-refractivity contribution in [2.75, 3.05) is 22.4 Å². The SMILES string of the molecule is CCc1ccc(N(CCC(=O)Nc2cccc3cccnc23)S(C)(=O)=O)cc1. The van der Waals surface area contributed by atoms with E-state index in [1.54, 1.807) is 24.4 Å². The zero-order chi connectivity index (χ0) is 20.1. The predicted molar refractivity (Wildman–Crippen MR) is 113 cm³/mol. The quantitative estimate of drug-likeness (QED) is 0.661. The molecule has 0 bridgehead atoms. The molecule has 0 fully saturated rings. The van der Waals surface area contributed by atoms with Gasteiger partial charge in [0.15, 0.2) is 0 Å². The second-order valence-corrected chi connectivity index (χ2v) is 8.44. The third kappa shape index (κ3) is 4.67. The van der Waals surface area contributed by atoms with Crippen LogP contribution in [0, 0.1) is 0 Å². The summed E-state index contributed by atoms with van der Waals surface area (Å²) in [6.45, 7) is 2.10. The summed E-state index contributed by atoms with van der Waals surface area (Å²) in [5.74, 6) is -0.267. The molecule has 2 aromatic carbocycles. The van der Waals surface area contributed by atoms with E-state index in [0.29, 0.717) is 16.9 Å². The van der Waals surface area contributed by atoms with Gasteiger partial charge in [0.2, 0.25) is 15.9 Å². The van der Waals surface area contributed by atoms with E-state index in [1.165, 1.54) is 4.31 Å². The third-order valence-corrected chi connectivity index (χ3v) is 5.68. The smallest absolute Gasteiger partial charge is 0.232 e. The molecule has 3 aromatic rings. The van der Waals surface area contributed by atoms with Crippen LogP contribution in [0.1, 0.15) is 18.9 Å². The van der Waals surface area contributed by atoms with Crippen molar-refractivity contribution in [1.29, 1.82) is 0 Å². The van der Waals surface area contributed by atoms with Gasteiger partial charge in [0.1, 0.15) is 0 Å². The number of rotatable bonds is 7. The van der Waals surface area contributed by atoms with Crippen LogP contribution >= 0.6 is 0 Å². The first kappa shape index (κ1) is 19.8. The molecule has 1 amide bonds. The van der Waals surface area contributed by atoms with Gasteiger partial charge in [-0.25, -0.2) is 8.42 Å². The Kier molecular flexibility index (Phi) is 5.94. The lowest BCUT2D eigenvalue weighted by atomic mass is 10.1. The first-order valence-corrected chi connectivity index (χ1v) is 10.9. The number of carbonyl (C=O) groups is 1. The van der Waals surface area contributed by atoms with Crippen LogP contribution in [0.25, 0.3) is 10.9 Å². The van der Waals surface area contributed by atoms with Gasteiger partial charge in [-0.1, -0.05) is 37.3 Å². The van der Waals surface area contributed by atoms with Gasteiger partial charge in [0.05, 0.1) is 23.1 Å². The number of nitrogens with one attached hydrogen (secondary N) is 1. The molecule has 0 unspecified atom stereocenters. The zero-order valence-corrected chi connectivity index (χ0v) is 16.7. The molecule has 3 rings (SSSR count). The van der Waals surface area contributed by atoms with Gasteiger partial charge in [-0.15, -0.1) is 0 Å². The van der Waals surface area contributed by atoms with Crippen LogP contribution in [0.15, 0.2) is 60.8 Å². The lowest BCUT2D eigenvalue weighted by molar-refractivity contribution is -0.116. The Balaban J connectivity index is 1.73. The van der Waals surface area contributed by atoms with Crippen molar-refractivity contribution in [3.05, 3.63) is 66.4 Å². The number of hydrogen-bond donors (Lipinski definition) is 1. The standard InChI is InChI=1S/C21H23N3O3S/c1-3-16-9-11-18(12-10-16)24(28(2,26)27)15-13-20(25)23-19-8-4-6-17-7-5-14-22-21(17)19/h4-12,14H,3,13,15H2,1-2H3,(H,23,25). The Morgan fingerprint density at radius 2 is 1.79 bits per heavy atom. The zero-order valence-electron chi connectivity index (χ0n) is 15.9. The maximum absolute atomic E-state index is 12.5. The molecule has 1 aromatic heterocycles. The molecule has 0 saturated heterocycles. The maximum atomic E-state index is 12.5. The Bertz CT molecular complexity index is 1070. The molecule has 0 atom stereocenters. The van der Waals surface area contributed by atoms with Gasteiger partial charge in [-0.05, 0) is 36.2 Å². The third-order valence-electron chi connectivity index (χ3n) is 4.48. The summed E-state index contributed by atoms with van der Waals surface area (Å²) in [5, 5.41) is 3.76. The average Bonchev–Trinajstić information content (AvgIpc) is 2.68. The Hall–Kier alpha value is -2.93. The number of aryl methyl sites for hydroxylation is 1. The number of carbonyl (C=O) groups excluding carboxylic acids is 1. The number of nitrogens with zero attached hydrogens (tertiary/aromatic N) is 2. The first-order chi connectivity index (χ1) is 13.4. The number of sulfonamides is 1. The maximum Gasteiger partial charge on any atom is 0.232 e. The van der Waals surface area contributed by atoms with Gasteiger partial charge in [0, 0.05) is 24.5 Å². The minimum Gasteiger partial charge on any atom is -0.324 e. The highest BCUT2D eigenvalue weighted by Crippen LogP contribution is 2.22. The van der Waals surface area contributed by atoms with Crippen LogP contribution in [0.4, 0.5) is 11.4 Å². The van der Waals surface area contributed by atoms with Gasteiger partial charge >= 0.3 is 0 Å². The Labute approximate surface area is 165 Å². The van der Waals surface area contributed by atoms with E-state index in [9.17, 15) is 13.2 Å². The lowest BCUT2D eigenvalue weighted by Gasteiger charge is -2.22. The van der Waals surface area contributed by atoms with Crippen LogP contribution in [0.3, 0.4) is 0 Å². The number of amides is 1. The summed E-state index contributed by atoms with van der Waals surface area (Å²) >= 11 is 0. The second-order valence-electron chi connectivity index (χ2n) is 6.53. The van der Waals surface area contributed by atoms with Crippen molar-refractivity contribution >= 4 is 38.2 Å². The molecule has 6 nitrogen and oxygen atoms in total. The predicted octanol–water partition coefficient (Wildman–Crippen LogP) is 3.59. The van der Waals surface area contributed by atoms with Crippen LogP contribution in [0.2, 0.25) is 0 Å². The molecule has 1 heterocycles. The highest BCUT2D eigenvalue weighted by molar-refractivity contribution is 7.92. The van der Waals surface area contributed by atoms with Crippen LogP contribution in [-0.2, 0) is 21.2 Å². The minimum absolute atomic E-state index is 0.0336. The van der Waals surface area contributed by atoms with E-state index >= 15 is 0 Å². The van der Waals surface area contributed by atoms with Gasteiger partial charge < -0.3 is 5.32 Å². The van der Waals surface area contributed by atoms with Crippen molar-refractivity contribution in [2.45, 2.75) is 19.8 Å². The summed E-state index contributed by atoms with van der Waals surface area (Å²) < 4.78 is 25.7. The normalized spacial score (nSPS) is 11.4.